The van der Waals surface area contributed by atoms with E-state index in [1.807, 2.05) is 18.2 Å². The van der Waals surface area contributed by atoms with Gasteiger partial charge in [0.2, 0.25) is 0 Å². The van der Waals surface area contributed by atoms with Crippen molar-refractivity contribution in [3.05, 3.63) is 48.5 Å². The molecule has 0 aliphatic carbocycles. The van der Waals surface area contributed by atoms with Crippen LogP contribution in [0.1, 0.15) is 0 Å². The fraction of sp³-hybridized carbons (Fsp3) is 0.333. The predicted octanol–water partition coefficient (Wildman–Crippen LogP) is 2.25. The molecule has 0 atom stereocenters. The number of nitrogens with zero attached hydrogens (tertiary/aromatic N) is 2. The molecule has 0 bridgehead atoms. The average Bonchev–Trinajstić information content (AvgIpc) is 2.63. The summed E-state index contributed by atoms with van der Waals surface area (Å²) in [7, 11) is -0.0103. The molecule has 0 radical (unpaired) electrons. The standard InChI is InChI=1S/C18H23N3O3S/c1-20-11-13-21(14-12-20)18-6-4-3-5-17(18)19-25(22,23)16-9-7-15(24-2)8-10-16/h3-10,19H,11-14H2,1-2H3. The zero-order valence-electron chi connectivity index (χ0n) is 14.5. The van der Waals surface area contributed by atoms with Crippen molar-refractivity contribution < 1.29 is 13.2 Å². The number of methoxy groups -OCH3 is 1. The number of likely N-dealkylation sites (N-methyl/N-ethyl adjacent to an activating group) is 1. The summed E-state index contributed by atoms with van der Waals surface area (Å²) >= 11 is 0. The van der Waals surface area contributed by atoms with Crippen LogP contribution in [0.4, 0.5) is 11.4 Å². The van der Waals surface area contributed by atoms with Gasteiger partial charge in [0.25, 0.3) is 10.0 Å². The van der Waals surface area contributed by atoms with Crippen LogP contribution in [0.15, 0.2) is 53.4 Å². The lowest BCUT2D eigenvalue weighted by Gasteiger charge is -2.35. The van der Waals surface area contributed by atoms with Crippen LogP contribution in [-0.4, -0.2) is 53.7 Å². The van der Waals surface area contributed by atoms with E-state index < -0.39 is 10.0 Å². The van der Waals surface area contributed by atoms with Crippen LogP contribution in [-0.2, 0) is 10.0 Å². The molecule has 134 valence electrons. The minimum absolute atomic E-state index is 0.210. The molecule has 1 heterocycles. The third-order valence-corrected chi connectivity index (χ3v) is 5.74. The molecule has 0 saturated carbocycles. The van der Waals surface area contributed by atoms with Gasteiger partial charge in [0, 0.05) is 26.2 Å². The summed E-state index contributed by atoms with van der Waals surface area (Å²) in [6, 6.07) is 13.9. The fourth-order valence-electron chi connectivity index (χ4n) is 2.84. The normalized spacial score (nSPS) is 15.8. The maximum atomic E-state index is 12.7. The molecule has 6 nitrogen and oxygen atoms in total. The highest BCUT2D eigenvalue weighted by Gasteiger charge is 2.20. The molecular weight excluding hydrogens is 338 g/mol. The van der Waals surface area contributed by atoms with Crippen LogP contribution in [0.5, 0.6) is 5.75 Å². The van der Waals surface area contributed by atoms with Gasteiger partial charge in [-0.25, -0.2) is 8.42 Å². The Morgan fingerprint density at radius 3 is 2.24 bits per heavy atom. The monoisotopic (exact) mass is 361 g/mol. The molecule has 0 amide bonds. The van der Waals surface area contributed by atoms with Crippen molar-refractivity contribution in [3.63, 3.8) is 0 Å². The van der Waals surface area contributed by atoms with E-state index in [4.69, 9.17) is 4.74 Å². The highest BCUT2D eigenvalue weighted by molar-refractivity contribution is 7.92. The lowest BCUT2D eigenvalue weighted by atomic mass is 10.2. The summed E-state index contributed by atoms with van der Waals surface area (Å²) in [4.78, 5) is 4.69. The Bertz CT molecular complexity index is 814. The van der Waals surface area contributed by atoms with E-state index in [2.05, 4.69) is 21.6 Å². The van der Waals surface area contributed by atoms with Crippen LogP contribution in [0.3, 0.4) is 0 Å². The van der Waals surface area contributed by atoms with Crippen LogP contribution < -0.4 is 14.4 Å². The Morgan fingerprint density at radius 2 is 1.60 bits per heavy atom. The molecule has 0 unspecified atom stereocenters. The van der Waals surface area contributed by atoms with Gasteiger partial charge < -0.3 is 14.5 Å². The molecule has 1 aliphatic rings. The Labute approximate surface area is 149 Å². The molecule has 1 aliphatic heterocycles. The summed E-state index contributed by atoms with van der Waals surface area (Å²) < 4.78 is 33.2. The second-order valence-corrected chi connectivity index (χ2v) is 7.77. The van der Waals surface area contributed by atoms with Crippen molar-refractivity contribution in [2.75, 3.05) is 50.0 Å². The molecule has 1 N–H and O–H groups in total. The number of rotatable bonds is 5. The van der Waals surface area contributed by atoms with Gasteiger partial charge in [0.1, 0.15) is 5.75 Å². The zero-order valence-corrected chi connectivity index (χ0v) is 15.3. The summed E-state index contributed by atoms with van der Waals surface area (Å²) in [5, 5.41) is 0. The summed E-state index contributed by atoms with van der Waals surface area (Å²) in [5.41, 5.74) is 1.51. The van der Waals surface area contributed by atoms with Crippen molar-refractivity contribution in [2.24, 2.45) is 0 Å². The first kappa shape index (κ1) is 17.6. The van der Waals surface area contributed by atoms with Gasteiger partial charge in [-0.05, 0) is 43.4 Å². The molecule has 0 aromatic heterocycles. The number of nitrogens with one attached hydrogen (secondary N) is 1. The van der Waals surface area contributed by atoms with Gasteiger partial charge >= 0.3 is 0 Å². The number of piperazine rings is 1. The van der Waals surface area contributed by atoms with E-state index in [0.717, 1.165) is 31.9 Å². The van der Waals surface area contributed by atoms with Crippen molar-refractivity contribution in [1.29, 1.82) is 0 Å². The maximum Gasteiger partial charge on any atom is 0.261 e. The zero-order chi connectivity index (χ0) is 17.9. The molecular formula is C18H23N3O3S. The summed E-state index contributed by atoms with van der Waals surface area (Å²) in [5.74, 6) is 0.622. The summed E-state index contributed by atoms with van der Waals surface area (Å²) in [6.45, 7) is 3.66. The molecule has 1 saturated heterocycles. The molecule has 0 spiro atoms. The highest BCUT2D eigenvalue weighted by Crippen LogP contribution is 2.29. The highest BCUT2D eigenvalue weighted by atomic mass is 32.2. The molecule has 2 aromatic rings. The van der Waals surface area contributed by atoms with Crippen LogP contribution in [0, 0.1) is 0 Å². The van der Waals surface area contributed by atoms with Gasteiger partial charge in [0.15, 0.2) is 0 Å². The fourth-order valence-corrected chi connectivity index (χ4v) is 3.92. The third-order valence-electron chi connectivity index (χ3n) is 4.36. The second kappa shape index (κ2) is 7.33. The maximum absolute atomic E-state index is 12.7. The predicted molar refractivity (Wildman–Crippen MR) is 100.0 cm³/mol. The Morgan fingerprint density at radius 1 is 0.960 bits per heavy atom. The largest absolute Gasteiger partial charge is 0.497 e. The van der Waals surface area contributed by atoms with Crippen LogP contribution in [0.2, 0.25) is 0 Å². The second-order valence-electron chi connectivity index (χ2n) is 6.09. The first-order valence-electron chi connectivity index (χ1n) is 8.19. The minimum atomic E-state index is -3.65. The Balaban J connectivity index is 1.84. The minimum Gasteiger partial charge on any atom is -0.497 e. The van der Waals surface area contributed by atoms with Gasteiger partial charge in [-0.2, -0.15) is 0 Å². The quantitative estimate of drug-likeness (QED) is 0.885. The first-order valence-corrected chi connectivity index (χ1v) is 9.67. The van der Waals surface area contributed by atoms with Crippen LogP contribution in [0.25, 0.3) is 0 Å². The topological polar surface area (TPSA) is 61.9 Å². The van der Waals surface area contributed by atoms with Crippen LogP contribution >= 0.6 is 0 Å². The van der Waals surface area contributed by atoms with Gasteiger partial charge in [-0.1, -0.05) is 12.1 Å². The first-order chi connectivity index (χ1) is 12.0. The van der Waals surface area contributed by atoms with Gasteiger partial charge in [-0.3, -0.25) is 4.72 Å². The number of benzene rings is 2. The SMILES string of the molecule is COc1ccc(S(=O)(=O)Nc2ccccc2N2CCN(C)CC2)cc1. The molecule has 2 aromatic carbocycles. The van der Waals surface area contributed by atoms with Gasteiger partial charge in [0.05, 0.1) is 23.4 Å². The average molecular weight is 361 g/mol. The van der Waals surface area contributed by atoms with Crippen molar-refractivity contribution in [1.82, 2.24) is 4.90 Å². The van der Waals surface area contributed by atoms with E-state index in [0.29, 0.717) is 11.4 Å². The molecule has 7 heteroatoms. The lowest BCUT2D eigenvalue weighted by Crippen LogP contribution is -2.44. The lowest BCUT2D eigenvalue weighted by molar-refractivity contribution is 0.313. The number of ether oxygens (including phenoxy) is 1. The summed E-state index contributed by atoms with van der Waals surface area (Å²) in [6.07, 6.45) is 0. The van der Waals surface area contributed by atoms with Crippen molar-refractivity contribution >= 4 is 21.4 Å². The van der Waals surface area contributed by atoms with E-state index in [1.54, 1.807) is 37.4 Å². The smallest absolute Gasteiger partial charge is 0.261 e. The van der Waals surface area contributed by atoms with E-state index in [1.165, 1.54) is 0 Å². The third kappa shape index (κ3) is 4.05. The Kier molecular flexibility index (Phi) is 5.15. The van der Waals surface area contributed by atoms with E-state index in [9.17, 15) is 8.42 Å². The molecule has 25 heavy (non-hydrogen) atoms. The van der Waals surface area contributed by atoms with E-state index in [-0.39, 0.29) is 4.90 Å². The van der Waals surface area contributed by atoms with Gasteiger partial charge in [-0.15, -0.1) is 0 Å². The number of hydrogen-bond acceptors (Lipinski definition) is 5. The molecule has 3 rings (SSSR count). The van der Waals surface area contributed by atoms with Crippen molar-refractivity contribution in [3.8, 4) is 5.75 Å². The Hall–Kier alpha value is -2.25. The van der Waals surface area contributed by atoms with Crippen molar-refractivity contribution in [2.45, 2.75) is 4.90 Å². The molecule has 1 fully saturated rings. The number of hydrogen-bond donors (Lipinski definition) is 1. The number of sulfonamides is 1. The van der Waals surface area contributed by atoms with E-state index >= 15 is 0 Å². The number of anilines is 2. The number of para-hydroxylation sites is 2.